The molecule has 4 aliphatic carbocycles. The summed E-state index contributed by atoms with van der Waals surface area (Å²) in [6, 6.07) is 8.04. The Morgan fingerprint density at radius 3 is 2.46 bits per heavy atom. The largest absolute Gasteiger partial charge is 0.495 e. The first-order valence-corrected chi connectivity index (χ1v) is 10.0. The number of benzene rings is 1. The van der Waals surface area contributed by atoms with Crippen LogP contribution in [0.4, 0.5) is 10.8 Å². The molecule has 1 aromatic heterocycles. The topological polar surface area (TPSA) is 34.1 Å². The van der Waals surface area contributed by atoms with Crippen molar-refractivity contribution >= 4 is 22.2 Å². The van der Waals surface area contributed by atoms with Gasteiger partial charge in [0.2, 0.25) is 0 Å². The second-order valence-corrected chi connectivity index (χ2v) is 8.72. The summed E-state index contributed by atoms with van der Waals surface area (Å²) in [4.78, 5) is 4.98. The fourth-order valence-corrected chi connectivity index (χ4v) is 6.54. The van der Waals surface area contributed by atoms with Crippen LogP contribution >= 0.6 is 11.3 Å². The lowest BCUT2D eigenvalue weighted by Crippen LogP contribution is -2.43. The summed E-state index contributed by atoms with van der Waals surface area (Å²) in [7, 11) is 1.71. The van der Waals surface area contributed by atoms with Gasteiger partial charge in [0, 0.05) is 11.3 Å². The van der Waals surface area contributed by atoms with Gasteiger partial charge >= 0.3 is 0 Å². The molecule has 0 aliphatic heterocycles. The molecule has 0 saturated heterocycles. The predicted octanol–water partition coefficient (Wildman–Crippen LogP) is 5.44. The smallest absolute Gasteiger partial charge is 0.187 e. The Bertz CT molecular complexity index is 713. The zero-order valence-electron chi connectivity index (χ0n) is 14.1. The number of thiazole rings is 1. The third kappa shape index (κ3) is 2.43. The van der Waals surface area contributed by atoms with Crippen molar-refractivity contribution in [2.45, 2.75) is 38.0 Å². The van der Waals surface area contributed by atoms with Crippen LogP contribution in [0.1, 0.15) is 43.7 Å². The van der Waals surface area contributed by atoms with Crippen molar-refractivity contribution in [3.05, 3.63) is 35.3 Å². The van der Waals surface area contributed by atoms with Crippen LogP contribution in [0, 0.1) is 23.7 Å². The average molecular weight is 340 g/mol. The zero-order chi connectivity index (χ0) is 16.1. The Balaban J connectivity index is 1.38. The molecule has 1 aromatic carbocycles. The van der Waals surface area contributed by atoms with Crippen molar-refractivity contribution in [2.75, 3.05) is 12.4 Å². The fourth-order valence-electron chi connectivity index (χ4n) is 5.77. The van der Waals surface area contributed by atoms with Crippen molar-refractivity contribution < 1.29 is 4.74 Å². The van der Waals surface area contributed by atoms with E-state index in [9.17, 15) is 0 Å². The van der Waals surface area contributed by atoms with Crippen molar-refractivity contribution in [3.8, 4) is 5.75 Å². The van der Waals surface area contributed by atoms with E-state index < -0.39 is 0 Å². The standard InChI is InChI=1S/C20H24N2OS/c1-23-18-5-3-2-4-16(18)21-20-22-17(11-24-20)19-14-7-12-6-13(9-14)10-15(19)8-12/h2-5,11-15,19H,6-10H2,1H3,(H,21,22). The minimum Gasteiger partial charge on any atom is -0.495 e. The number of ether oxygens (including phenoxy) is 1. The third-order valence-electron chi connectivity index (χ3n) is 6.44. The average Bonchev–Trinajstić information content (AvgIpc) is 3.02. The van der Waals surface area contributed by atoms with E-state index in [0.717, 1.165) is 40.2 Å². The van der Waals surface area contributed by atoms with Crippen LogP contribution in [0.25, 0.3) is 0 Å². The molecule has 1 N–H and O–H groups in total. The summed E-state index contributed by atoms with van der Waals surface area (Å²) in [5.74, 6) is 5.40. The number of anilines is 2. The van der Waals surface area contributed by atoms with Crippen LogP contribution in [0.2, 0.25) is 0 Å². The van der Waals surface area contributed by atoms with E-state index >= 15 is 0 Å². The Hall–Kier alpha value is -1.55. The van der Waals surface area contributed by atoms with E-state index in [1.807, 2.05) is 24.3 Å². The molecule has 4 bridgehead atoms. The monoisotopic (exact) mass is 340 g/mol. The number of rotatable bonds is 4. The number of hydrogen-bond acceptors (Lipinski definition) is 4. The molecule has 4 heteroatoms. The maximum atomic E-state index is 5.43. The number of para-hydroxylation sites is 2. The third-order valence-corrected chi connectivity index (χ3v) is 7.21. The van der Waals surface area contributed by atoms with Gasteiger partial charge in [-0.2, -0.15) is 0 Å². The second-order valence-electron chi connectivity index (χ2n) is 7.86. The van der Waals surface area contributed by atoms with E-state index in [1.165, 1.54) is 37.8 Å². The fraction of sp³-hybridized carbons (Fsp3) is 0.550. The minimum absolute atomic E-state index is 0.710. The van der Waals surface area contributed by atoms with Gasteiger partial charge in [-0.1, -0.05) is 12.1 Å². The van der Waals surface area contributed by atoms with Crippen LogP contribution in [0.5, 0.6) is 5.75 Å². The highest BCUT2D eigenvalue weighted by atomic mass is 32.1. The highest BCUT2D eigenvalue weighted by Crippen LogP contribution is 2.59. The van der Waals surface area contributed by atoms with Crippen molar-refractivity contribution in [1.82, 2.24) is 4.98 Å². The van der Waals surface area contributed by atoms with E-state index in [-0.39, 0.29) is 0 Å². The summed E-state index contributed by atoms with van der Waals surface area (Å²) in [6.45, 7) is 0. The lowest BCUT2D eigenvalue weighted by molar-refractivity contribution is -0.00392. The van der Waals surface area contributed by atoms with E-state index in [1.54, 1.807) is 18.4 Å². The quantitative estimate of drug-likeness (QED) is 0.805. The molecule has 126 valence electrons. The summed E-state index contributed by atoms with van der Waals surface area (Å²) >= 11 is 1.73. The van der Waals surface area contributed by atoms with Gasteiger partial charge in [0.05, 0.1) is 18.5 Å². The number of nitrogens with zero attached hydrogens (tertiary/aromatic N) is 1. The van der Waals surface area contributed by atoms with Gasteiger partial charge in [-0.05, 0) is 67.9 Å². The number of methoxy groups -OCH3 is 1. The molecule has 0 spiro atoms. The molecule has 4 aliphatic rings. The molecule has 24 heavy (non-hydrogen) atoms. The summed E-state index contributed by atoms with van der Waals surface area (Å²) in [5.41, 5.74) is 2.33. The highest BCUT2D eigenvalue weighted by molar-refractivity contribution is 7.13. The Morgan fingerprint density at radius 1 is 1.04 bits per heavy atom. The number of nitrogens with one attached hydrogen (secondary N) is 1. The maximum absolute atomic E-state index is 5.43. The lowest BCUT2D eigenvalue weighted by Gasteiger charge is -2.54. The first-order valence-electron chi connectivity index (χ1n) is 9.15. The number of hydrogen-bond donors (Lipinski definition) is 1. The first kappa shape index (κ1) is 14.8. The molecule has 0 unspecified atom stereocenters. The normalized spacial score (nSPS) is 33.6. The molecule has 0 radical (unpaired) electrons. The van der Waals surface area contributed by atoms with E-state index in [0.29, 0.717) is 5.92 Å². The SMILES string of the molecule is COc1ccccc1Nc1nc(C2C3CC4CC(C3)CC2C4)cs1. The Morgan fingerprint density at radius 2 is 1.75 bits per heavy atom. The summed E-state index contributed by atoms with van der Waals surface area (Å²) in [6.07, 6.45) is 7.31. The molecular weight excluding hydrogens is 316 g/mol. The van der Waals surface area contributed by atoms with Crippen molar-refractivity contribution in [3.63, 3.8) is 0 Å². The van der Waals surface area contributed by atoms with Gasteiger partial charge in [-0.3, -0.25) is 0 Å². The molecule has 1 heterocycles. The molecular formula is C20H24N2OS. The van der Waals surface area contributed by atoms with Gasteiger partial charge in [-0.15, -0.1) is 11.3 Å². The Kier molecular flexibility index (Phi) is 3.55. The van der Waals surface area contributed by atoms with Gasteiger partial charge in [0.1, 0.15) is 5.75 Å². The molecule has 6 rings (SSSR count). The van der Waals surface area contributed by atoms with Crippen LogP contribution in [-0.2, 0) is 0 Å². The van der Waals surface area contributed by atoms with E-state index in [4.69, 9.17) is 9.72 Å². The minimum atomic E-state index is 0.710. The van der Waals surface area contributed by atoms with Crippen LogP contribution in [0.15, 0.2) is 29.6 Å². The molecule has 2 aromatic rings. The molecule has 0 atom stereocenters. The Labute approximate surface area is 147 Å². The summed E-state index contributed by atoms with van der Waals surface area (Å²) in [5, 5.41) is 6.73. The maximum Gasteiger partial charge on any atom is 0.187 e. The lowest BCUT2D eigenvalue weighted by atomic mass is 9.51. The molecule has 0 amide bonds. The first-order chi connectivity index (χ1) is 11.8. The molecule has 4 saturated carbocycles. The van der Waals surface area contributed by atoms with Crippen molar-refractivity contribution in [1.29, 1.82) is 0 Å². The van der Waals surface area contributed by atoms with Gasteiger partial charge in [0.25, 0.3) is 0 Å². The highest BCUT2D eigenvalue weighted by Gasteiger charge is 2.49. The van der Waals surface area contributed by atoms with Crippen molar-refractivity contribution in [2.24, 2.45) is 23.7 Å². The molecule has 3 nitrogen and oxygen atoms in total. The van der Waals surface area contributed by atoms with E-state index in [2.05, 4.69) is 10.7 Å². The van der Waals surface area contributed by atoms with Gasteiger partial charge in [-0.25, -0.2) is 4.98 Å². The van der Waals surface area contributed by atoms with Crippen LogP contribution in [0.3, 0.4) is 0 Å². The van der Waals surface area contributed by atoms with Crippen LogP contribution < -0.4 is 10.1 Å². The molecule has 4 fully saturated rings. The predicted molar refractivity (Wildman–Crippen MR) is 98.2 cm³/mol. The zero-order valence-corrected chi connectivity index (χ0v) is 14.9. The second kappa shape index (κ2) is 5.76. The van der Waals surface area contributed by atoms with Gasteiger partial charge in [0.15, 0.2) is 5.13 Å². The van der Waals surface area contributed by atoms with Gasteiger partial charge < -0.3 is 10.1 Å². The number of aromatic nitrogens is 1. The van der Waals surface area contributed by atoms with Crippen LogP contribution in [-0.4, -0.2) is 12.1 Å². The summed E-state index contributed by atoms with van der Waals surface area (Å²) < 4.78 is 5.43.